The maximum Gasteiger partial charge on any atom is 0.173 e. The zero-order valence-corrected chi connectivity index (χ0v) is 15.8. The standard InChI is InChI=1S/C19H11ClF2N4OS/c20-17-4-3-14-18(25-17)11-8-16(28-15(11)5-6-27-14)19-23-9-24-26(19)13-2-1-10(21)7-12(13)22/h1-4,7-9H,5-6H2. The summed E-state index contributed by atoms with van der Waals surface area (Å²) < 4.78 is 34.7. The van der Waals surface area contributed by atoms with E-state index in [0.717, 1.165) is 21.4 Å². The van der Waals surface area contributed by atoms with Crippen molar-refractivity contribution in [1.82, 2.24) is 19.7 Å². The van der Waals surface area contributed by atoms with Crippen molar-refractivity contribution in [3.05, 3.63) is 64.4 Å². The second-order valence-corrected chi connectivity index (χ2v) is 7.64. The zero-order valence-electron chi connectivity index (χ0n) is 14.2. The molecule has 1 aromatic carbocycles. The molecule has 0 saturated heterocycles. The summed E-state index contributed by atoms with van der Waals surface area (Å²) in [4.78, 5) is 10.6. The van der Waals surface area contributed by atoms with Crippen LogP contribution in [0.25, 0.3) is 27.6 Å². The first kappa shape index (κ1) is 17.3. The van der Waals surface area contributed by atoms with Gasteiger partial charge in [-0.3, -0.25) is 0 Å². The van der Waals surface area contributed by atoms with Gasteiger partial charge in [0, 0.05) is 22.9 Å². The van der Waals surface area contributed by atoms with Crippen molar-refractivity contribution < 1.29 is 13.5 Å². The molecule has 0 radical (unpaired) electrons. The fourth-order valence-electron chi connectivity index (χ4n) is 3.15. The molecule has 1 aliphatic rings. The number of thiophene rings is 1. The second kappa shape index (κ2) is 6.65. The third-order valence-electron chi connectivity index (χ3n) is 4.38. The number of hydrogen-bond acceptors (Lipinski definition) is 5. The van der Waals surface area contributed by atoms with Gasteiger partial charge in [0.05, 0.1) is 11.5 Å². The van der Waals surface area contributed by atoms with Crippen LogP contribution in [0.15, 0.2) is 42.7 Å². The van der Waals surface area contributed by atoms with Crippen LogP contribution in [0.1, 0.15) is 4.88 Å². The minimum Gasteiger partial charge on any atom is -0.491 e. The minimum atomic E-state index is -0.711. The van der Waals surface area contributed by atoms with E-state index in [2.05, 4.69) is 15.1 Å². The number of pyridine rings is 1. The third-order valence-corrected chi connectivity index (χ3v) is 5.78. The van der Waals surface area contributed by atoms with Gasteiger partial charge in [-0.05, 0) is 30.3 Å². The summed E-state index contributed by atoms with van der Waals surface area (Å²) in [5.41, 5.74) is 1.70. The average molecular weight is 417 g/mol. The number of fused-ring (bicyclic) bond motifs is 3. The van der Waals surface area contributed by atoms with Crippen LogP contribution in [0.4, 0.5) is 8.78 Å². The number of benzene rings is 1. The highest BCUT2D eigenvalue weighted by atomic mass is 35.5. The highest BCUT2D eigenvalue weighted by Crippen LogP contribution is 2.42. The number of aromatic nitrogens is 4. The summed E-state index contributed by atoms with van der Waals surface area (Å²) in [5, 5.41) is 4.50. The monoisotopic (exact) mass is 416 g/mol. The highest BCUT2D eigenvalue weighted by molar-refractivity contribution is 7.16. The molecule has 5 rings (SSSR count). The zero-order chi connectivity index (χ0) is 19.3. The Labute approximate surface area is 167 Å². The first-order chi connectivity index (χ1) is 13.6. The summed E-state index contributed by atoms with van der Waals surface area (Å²) >= 11 is 7.59. The van der Waals surface area contributed by atoms with E-state index in [4.69, 9.17) is 16.3 Å². The quantitative estimate of drug-likeness (QED) is 0.435. The molecule has 0 saturated carbocycles. The summed E-state index contributed by atoms with van der Waals surface area (Å²) in [6, 6.07) is 8.77. The Bertz CT molecular complexity index is 1210. The van der Waals surface area contributed by atoms with Crippen LogP contribution in [0.3, 0.4) is 0 Å². The largest absolute Gasteiger partial charge is 0.491 e. The smallest absolute Gasteiger partial charge is 0.173 e. The molecule has 0 aliphatic carbocycles. The molecule has 9 heteroatoms. The third kappa shape index (κ3) is 2.85. The number of hydrogen-bond donors (Lipinski definition) is 0. The van der Waals surface area contributed by atoms with E-state index in [1.54, 1.807) is 12.1 Å². The predicted octanol–water partition coefficient (Wildman–Crippen LogP) is 4.92. The summed E-state index contributed by atoms with van der Waals surface area (Å²) in [6.45, 7) is 0.516. The van der Waals surface area contributed by atoms with Gasteiger partial charge in [-0.25, -0.2) is 23.4 Å². The topological polar surface area (TPSA) is 52.8 Å². The fraction of sp³-hybridized carbons (Fsp3) is 0.105. The normalized spacial score (nSPS) is 12.8. The van der Waals surface area contributed by atoms with Gasteiger partial charge < -0.3 is 4.74 Å². The van der Waals surface area contributed by atoms with E-state index >= 15 is 0 Å². The van der Waals surface area contributed by atoms with Gasteiger partial charge in [-0.2, -0.15) is 5.10 Å². The van der Waals surface area contributed by atoms with Crippen LogP contribution in [-0.4, -0.2) is 26.4 Å². The SMILES string of the molecule is Fc1ccc(-n2ncnc2-c2cc3c(s2)CCOc2ccc(Cl)nc2-3)c(F)c1. The Morgan fingerprint density at radius 2 is 2.04 bits per heavy atom. The lowest BCUT2D eigenvalue weighted by atomic mass is 10.1. The fourth-order valence-corrected chi connectivity index (χ4v) is 4.42. The Hall–Kier alpha value is -2.84. The van der Waals surface area contributed by atoms with Crippen molar-refractivity contribution >= 4 is 22.9 Å². The maximum absolute atomic E-state index is 14.3. The second-order valence-electron chi connectivity index (χ2n) is 6.12. The molecule has 4 aromatic rings. The summed E-state index contributed by atoms with van der Waals surface area (Å²) in [6.07, 6.45) is 2.04. The molecule has 0 amide bonds. The molecular formula is C19H11ClF2N4OS. The lowest BCUT2D eigenvalue weighted by Gasteiger charge is -2.07. The average Bonchev–Trinajstić information content (AvgIpc) is 3.27. The predicted molar refractivity (Wildman–Crippen MR) is 102 cm³/mol. The van der Waals surface area contributed by atoms with Crippen LogP contribution in [-0.2, 0) is 6.42 Å². The number of rotatable bonds is 2. The van der Waals surface area contributed by atoms with Crippen LogP contribution in [0, 0.1) is 11.6 Å². The first-order valence-electron chi connectivity index (χ1n) is 8.38. The molecule has 1 aliphatic heterocycles. The van der Waals surface area contributed by atoms with Crippen LogP contribution >= 0.6 is 22.9 Å². The molecule has 0 atom stereocenters. The Morgan fingerprint density at radius 1 is 1.14 bits per heavy atom. The number of halogens is 3. The first-order valence-corrected chi connectivity index (χ1v) is 9.58. The molecule has 5 nitrogen and oxygen atoms in total. The van der Waals surface area contributed by atoms with Gasteiger partial charge in [0.25, 0.3) is 0 Å². The molecule has 0 unspecified atom stereocenters. The molecule has 0 fully saturated rings. The van der Waals surface area contributed by atoms with Crippen LogP contribution in [0.2, 0.25) is 5.15 Å². The summed E-state index contributed by atoms with van der Waals surface area (Å²) in [7, 11) is 0. The molecule has 4 heterocycles. The van der Waals surface area contributed by atoms with E-state index in [-0.39, 0.29) is 5.69 Å². The van der Waals surface area contributed by atoms with E-state index in [1.165, 1.54) is 34.5 Å². The Morgan fingerprint density at radius 3 is 2.89 bits per heavy atom. The summed E-state index contributed by atoms with van der Waals surface area (Å²) in [5.74, 6) is -0.228. The van der Waals surface area contributed by atoms with E-state index in [9.17, 15) is 8.78 Å². The van der Waals surface area contributed by atoms with Crippen LogP contribution < -0.4 is 4.74 Å². The minimum absolute atomic E-state index is 0.127. The molecule has 0 bridgehead atoms. The van der Waals surface area contributed by atoms with Gasteiger partial charge in [-0.1, -0.05) is 11.6 Å². The van der Waals surface area contributed by atoms with Gasteiger partial charge in [0.2, 0.25) is 0 Å². The Kier molecular flexibility index (Phi) is 4.10. The lowest BCUT2D eigenvalue weighted by Crippen LogP contribution is -2.02. The number of nitrogens with zero attached hydrogens (tertiary/aromatic N) is 4. The molecule has 0 spiro atoms. The molecule has 28 heavy (non-hydrogen) atoms. The molecule has 0 N–H and O–H groups in total. The van der Waals surface area contributed by atoms with Gasteiger partial charge in [0.15, 0.2) is 11.6 Å². The van der Waals surface area contributed by atoms with Crippen molar-refractivity contribution in [1.29, 1.82) is 0 Å². The molecule has 3 aromatic heterocycles. The van der Waals surface area contributed by atoms with Crippen molar-refractivity contribution in [2.45, 2.75) is 6.42 Å². The van der Waals surface area contributed by atoms with Gasteiger partial charge >= 0.3 is 0 Å². The number of ether oxygens (including phenoxy) is 1. The Balaban J connectivity index is 1.65. The molecular weight excluding hydrogens is 406 g/mol. The van der Waals surface area contributed by atoms with Crippen molar-refractivity contribution in [2.24, 2.45) is 0 Å². The van der Waals surface area contributed by atoms with E-state index in [0.29, 0.717) is 35.4 Å². The lowest BCUT2D eigenvalue weighted by molar-refractivity contribution is 0.326. The van der Waals surface area contributed by atoms with E-state index < -0.39 is 11.6 Å². The molecule has 140 valence electrons. The van der Waals surface area contributed by atoms with Crippen molar-refractivity contribution in [2.75, 3.05) is 6.61 Å². The van der Waals surface area contributed by atoms with Crippen molar-refractivity contribution in [3.63, 3.8) is 0 Å². The maximum atomic E-state index is 14.3. The van der Waals surface area contributed by atoms with Gasteiger partial charge in [-0.15, -0.1) is 11.3 Å². The highest BCUT2D eigenvalue weighted by Gasteiger charge is 2.23. The van der Waals surface area contributed by atoms with Gasteiger partial charge in [0.1, 0.15) is 34.4 Å². The van der Waals surface area contributed by atoms with Crippen LogP contribution in [0.5, 0.6) is 5.75 Å². The van der Waals surface area contributed by atoms with Crippen molar-refractivity contribution in [3.8, 4) is 33.4 Å². The van der Waals surface area contributed by atoms with E-state index in [1.807, 2.05) is 6.07 Å².